The van der Waals surface area contributed by atoms with Gasteiger partial charge in [-0.1, -0.05) is 0 Å². The molecular formula is C5H15NOSi. The number of hydrogen-bond acceptors (Lipinski definition) is 2. The zero-order valence-corrected chi connectivity index (χ0v) is 6.80. The second-order valence-electron chi connectivity index (χ2n) is 2.09. The fourth-order valence-corrected chi connectivity index (χ4v) is 1.37. The zero-order chi connectivity index (χ0) is 6.41. The minimum atomic E-state index is -1.24. The molecule has 0 spiro atoms. The van der Waals surface area contributed by atoms with Crippen molar-refractivity contribution in [3.05, 3.63) is 0 Å². The normalized spacial score (nSPS) is 13.9. The molecule has 0 aliphatic rings. The summed E-state index contributed by atoms with van der Waals surface area (Å²) in [6, 6.07) is 1.04. The molecule has 0 aromatic heterocycles. The van der Waals surface area contributed by atoms with Gasteiger partial charge in [-0.05, 0) is 32.6 Å². The van der Waals surface area contributed by atoms with Crippen molar-refractivity contribution in [2.45, 2.75) is 19.0 Å². The molecule has 2 nitrogen and oxygen atoms in total. The molecule has 50 valence electrons. The standard InChI is InChI=1S/C5H15NOSi/c1-6-4-3-5-8(2)7/h6-8H,3-5H2,1-2H3. The highest BCUT2D eigenvalue weighted by Gasteiger charge is 1.94. The summed E-state index contributed by atoms with van der Waals surface area (Å²) >= 11 is 0. The van der Waals surface area contributed by atoms with Crippen molar-refractivity contribution in [2.75, 3.05) is 13.6 Å². The largest absolute Gasteiger partial charge is 0.435 e. The highest BCUT2D eigenvalue weighted by Crippen LogP contribution is 1.90. The van der Waals surface area contributed by atoms with Crippen LogP contribution >= 0.6 is 0 Å². The Bertz CT molecular complexity index is 49.7. The van der Waals surface area contributed by atoms with Crippen molar-refractivity contribution in [3.63, 3.8) is 0 Å². The molecule has 0 saturated carbocycles. The van der Waals surface area contributed by atoms with Crippen LogP contribution in [0.5, 0.6) is 0 Å². The Morgan fingerprint density at radius 2 is 2.25 bits per heavy atom. The predicted molar refractivity (Wildman–Crippen MR) is 38.6 cm³/mol. The van der Waals surface area contributed by atoms with Crippen molar-refractivity contribution in [1.82, 2.24) is 5.32 Å². The second kappa shape index (κ2) is 5.28. The van der Waals surface area contributed by atoms with E-state index in [1.165, 1.54) is 0 Å². The maximum Gasteiger partial charge on any atom is 0.169 e. The van der Waals surface area contributed by atoms with Gasteiger partial charge in [-0.25, -0.2) is 0 Å². The molecule has 0 saturated heterocycles. The van der Waals surface area contributed by atoms with Gasteiger partial charge < -0.3 is 10.1 Å². The van der Waals surface area contributed by atoms with E-state index >= 15 is 0 Å². The zero-order valence-electron chi connectivity index (χ0n) is 5.65. The first-order valence-electron chi connectivity index (χ1n) is 3.10. The second-order valence-corrected chi connectivity index (χ2v) is 4.37. The first-order valence-corrected chi connectivity index (χ1v) is 5.58. The molecule has 0 rings (SSSR count). The van der Waals surface area contributed by atoms with Gasteiger partial charge in [-0.3, -0.25) is 0 Å². The number of rotatable bonds is 4. The average Bonchev–Trinajstić information content (AvgIpc) is 1.66. The predicted octanol–water partition coefficient (Wildman–Crippen LogP) is -0.0582. The lowest BCUT2D eigenvalue weighted by Crippen LogP contribution is -2.12. The molecule has 0 fully saturated rings. The Hall–Kier alpha value is 0.137. The third kappa shape index (κ3) is 6.14. The van der Waals surface area contributed by atoms with E-state index in [4.69, 9.17) is 4.80 Å². The lowest BCUT2D eigenvalue weighted by atomic mass is 10.5. The van der Waals surface area contributed by atoms with Gasteiger partial charge in [-0.15, -0.1) is 0 Å². The van der Waals surface area contributed by atoms with Gasteiger partial charge in [0.05, 0.1) is 0 Å². The Morgan fingerprint density at radius 3 is 2.62 bits per heavy atom. The molecule has 0 heterocycles. The van der Waals surface area contributed by atoms with E-state index in [2.05, 4.69) is 5.32 Å². The summed E-state index contributed by atoms with van der Waals surface area (Å²) in [5.41, 5.74) is 0. The summed E-state index contributed by atoms with van der Waals surface area (Å²) < 4.78 is 0. The van der Waals surface area contributed by atoms with Crippen LogP contribution in [0, 0.1) is 0 Å². The molecule has 0 bridgehead atoms. The summed E-state index contributed by atoms with van der Waals surface area (Å²) in [5.74, 6) is 0. The van der Waals surface area contributed by atoms with Crippen LogP contribution < -0.4 is 5.32 Å². The van der Waals surface area contributed by atoms with E-state index in [1.54, 1.807) is 0 Å². The highest BCUT2D eigenvalue weighted by atomic mass is 28.3. The molecular weight excluding hydrogens is 118 g/mol. The van der Waals surface area contributed by atoms with Crippen LogP contribution in [-0.2, 0) is 0 Å². The molecule has 0 aliphatic carbocycles. The third-order valence-electron chi connectivity index (χ3n) is 1.05. The van der Waals surface area contributed by atoms with Crippen molar-refractivity contribution in [1.29, 1.82) is 0 Å². The number of nitrogens with one attached hydrogen (secondary N) is 1. The minimum Gasteiger partial charge on any atom is -0.435 e. The van der Waals surface area contributed by atoms with E-state index in [1.807, 2.05) is 13.6 Å². The van der Waals surface area contributed by atoms with Gasteiger partial charge in [0.25, 0.3) is 0 Å². The Labute approximate surface area is 52.6 Å². The molecule has 8 heavy (non-hydrogen) atoms. The van der Waals surface area contributed by atoms with E-state index in [0.29, 0.717) is 0 Å². The maximum atomic E-state index is 8.89. The van der Waals surface area contributed by atoms with Gasteiger partial charge in [0, 0.05) is 0 Å². The van der Waals surface area contributed by atoms with Gasteiger partial charge in [-0.2, -0.15) is 0 Å². The average molecular weight is 133 g/mol. The quantitative estimate of drug-likeness (QED) is 0.416. The molecule has 1 atom stereocenters. The van der Waals surface area contributed by atoms with Gasteiger partial charge >= 0.3 is 0 Å². The molecule has 0 aromatic rings. The SMILES string of the molecule is CNCCC[SiH](C)O. The van der Waals surface area contributed by atoms with E-state index < -0.39 is 9.04 Å². The highest BCUT2D eigenvalue weighted by molar-refractivity contribution is 6.48. The lowest BCUT2D eigenvalue weighted by Gasteiger charge is -1.99. The topological polar surface area (TPSA) is 32.3 Å². The summed E-state index contributed by atoms with van der Waals surface area (Å²) in [6.45, 7) is 2.99. The lowest BCUT2D eigenvalue weighted by molar-refractivity contribution is 0.570. The molecule has 0 radical (unpaired) electrons. The Balaban J connectivity index is 2.72. The van der Waals surface area contributed by atoms with Crippen LogP contribution in [0.25, 0.3) is 0 Å². The summed E-state index contributed by atoms with van der Waals surface area (Å²) in [4.78, 5) is 8.89. The molecule has 0 aliphatic heterocycles. The Morgan fingerprint density at radius 1 is 1.62 bits per heavy atom. The van der Waals surface area contributed by atoms with E-state index in [-0.39, 0.29) is 0 Å². The van der Waals surface area contributed by atoms with Crippen LogP contribution in [0.15, 0.2) is 0 Å². The van der Waals surface area contributed by atoms with E-state index in [0.717, 1.165) is 19.0 Å². The fourth-order valence-electron chi connectivity index (χ4n) is 0.574. The van der Waals surface area contributed by atoms with Crippen molar-refractivity contribution >= 4 is 9.04 Å². The van der Waals surface area contributed by atoms with E-state index in [9.17, 15) is 0 Å². The van der Waals surface area contributed by atoms with Crippen molar-refractivity contribution in [2.24, 2.45) is 0 Å². The first-order chi connectivity index (χ1) is 3.77. The van der Waals surface area contributed by atoms with Crippen LogP contribution in [-0.4, -0.2) is 27.4 Å². The van der Waals surface area contributed by atoms with Gasteiger partial charge in [0.2, 0.25) is 0 Å². The van der Waals surface area contributed by atoms with Crippen LogP contribution in [0.2, 0.25) is 12.6 Å². The molecule has 0 amide bonds. The minimum absolute atomic E-state index is 1.04. The molecule has 0 aromatic carbocycles. The van der Waals surface area contributed by atoms with Crippen molar-refractivity contribution in [3.8, 4) is 0 Å². The first kappa shape index (κ1) is 8.14. The molecule has 2 N–H and O–H groups in total. The third-order valence-corrected chi connectivity index (χ3v) is 2.29. The maximum absolute atomic E-state index is 8.89. The number of hydrogen-bond donors (Lipinski definition) is 2. The van der Waals surface area contributed by atoms with Gasteiger partial charge in [0.1, 0.15) is 0 Å². The van der Waals surface area contributed by atoms with Crippen LogP contribution in [0.3, 0.4) is 0 Å². The summed E-state index contributed by atoms with van der Waals surface area (Å²) in [6.07, 6.45) is 1.13. The van der Waals surface area contributed by atoms with Crippen LogP contribution in [0.4, 0.5) is 0 Å². The summed E-state index contributed by atoms with van der Waals surface area (Å²) in [5, 5.41) is 3.03. The fraction of sp³-hybridized carbons (Fsp3) is 1.00. The molecule has 1 unspecified atom stereocenters. The monoisotopic (exact) mass is 133 g/mol. The molecule has 3 heteroatoms. The van der Waals surface area contributed by atoms with Crippen LogP contribution in [0.1, 0.15) is 6.42 Å². The summed E-state index contributed by atoms with van der Waals surface area (Å²) in [7, 11) is 0.692. The smallest absolute Gasteiger partial charge is 0.169 e. The Kier molecular flexibility index (Phi) is 5.37. The van der Waals surface area contributed by atoms with Crippen molar-refractivity contribution < 1.29 is 4.80 Å². The van der Waals surface area contributed by atoms with Gasteiger partial charge in [0.15, 0.2) is 9.04 Å².